The van der Waals surface area contributed by atoms with E-state index in [0.717, 1.165) is 6.42 Å². The van der Waals surface area contributed by atoms with Crippen molar-refractivity contribution in [3.05, 3.63) is 28.8 Å². The van der Waals surface area contributed by atoms with E-state index < -0.39 is 0 Å². The molecule has 1 aromatic carbocycles. The minimum Gasteiger partial charge on any atom is -0.493 e. The van der Waals surface area contributed by atoms with Crippen molar-refractivity contribution < 1.29 is 19.0 Å². The molecule has 18 heavy (non-hydrogen) atoms. The maximum absolute atomic E-state index is 10.9. The second-order valence-corrected chi connectivity index (χ2v) is 3.98. The van der Waals surface area contributed by atoms with Gasteiger partial charge >= 0.3 is 0 Å². The molecular weight excluding hydrogens is 256 g/mol. The summed E-state index contributed by atoms with van der Waals surface area (Å²) >= 11 is 5.88. The molecule has 0 N–H and O–H groups in total. The molecule has 0 aliphatic heterocycles. The van der Waals surface area contributed by atoms with E-state index >= 15 is 0 Å². The quantitative estimate of drug-likeness (QED) is 0.512. The molecule has 0 heterocycles. The Bertz CT molecular complexity index is 368. The van der Waals surface area contributed by atoms with Crippen molar-refractivity contribution in [1.82, 2.24) is 0 Å². The first-order chi connectivity index (χ1) is 8.79. The van der Waals surface area contributed by atoms with E-state index in [1.54, 1.807) is 25.3 Å². The number of ether oxygens (including phenoxy) is 3. The van der Waals surface area contributed by atoms with Gasteiger partial charge in [0, 0.05) is 20.1 Å². The standard InChI is InChI=1S/C13H17ClO4/c1-16-8-9-17-6-3-7-18-13-5-2-4-12(14)11(13)10-15/h2,4-5,10H,3,6-9H2,1H3. The van der Waals surface area contributed by atoms with Crippen molar-refractivity contribution in [3.63, 3.8) is 0 Å². The number of carbonyl (C=O) groups is 1. The van der Waals surface area contributed by atoms with Crippen molar-refractivity contribution in [2.75, 3.05) is 33.5 Å². The molecule has 0 saturated carbocycles. The van der Waals surface area contributed by atoms with Gasteiger partial charge in [-0.25, -0.2) is 0 Å². The number of carbonyl (C=O) groups excluding carboxylic acids is 1. The fourth-order valence-corrected chi connectivity index (χ4v) is 1.56. The van der Waals surface area contributed by atoms with Gasteiger partial charge in [-0.2, -0.15) is 0 Å². The summed E-state index contributed by atoms with van der Waals surface area (Å²) in [4.78, 5) is 10.9. The van der Waals surface area contributed by atoms with Crippen LogP contribution in [0.2, 0.25) is 5.02 Å². The number of benzene rings is 1. The molecule has 0 fully saturated rings. The molecule has 0 spiro atoms. The summed E-state index contributed by atoms with van der Waals surface area (Å²) in [5.41, 5.74) is 0.388. The summed E-state index contributed by atoms with van der Waals surface area (Å²) in [7, 11) is 1.63. The highest BCUT2D eigenvalue weighted by Gasteiger charge is 2.06. The third-order valence-electron chi connectivity index (χ3n) is 2.25. The summed E-state index contributed by atoms with van der Waals surface area (Å²) < 4.78 is 15.6. The topological polar surface area (TPSA) is 44.8 Å². The fraction of sp³-hybridized carbons (Fsp3) is 0.462. The Labute approximate surface area is 112 Å². The molecule has 100 valence electrons. The summed E-state index contributed by atoms with van der Waals surface area (Å²) in [6.45, 7) is 2.24. The van der Waals surface area contributed by atoms with Crippen LogP contribution in [0, 0.1) is 0 Å². The summed E-state index contributed by atoms with van der Waals surface area (Å²) in [6, 6.07) is 5.13. The lowest BCUT2D eigenvalue weighted by atomic mass is 10.2. The predicted molar refractivity (Wildman–Crippen MR) is 69.6 cm³/mol. The predicted octanol–water partition coefficient (Wildman–Crippen LogP) is 2.58. The third-order valence-corrected chi connectivity index (χ3v) is 2.58. The molecule has 0 aliphatic rings. The highest BCUT2D eigenvalue weighted by Crippen LogP contribution is 2.24. The number of aldehydes is 1. The molecule has 0 atom stereocenters. The lowest BCUT2D eigenvalue weighted by molar-refractivity contribution is 0.0644. The van der Waals surface area contributed by atoms with E-state index in [9.17, 15) is 4.79 Å². The van der Waals surface area contributed by atoms with Gasteiger partial charge in [-0.15, -0.1) is 0 Å². The maximum atomic E-state index is 10.9. The van der Waals surface area contributed by atoms with E-state index in [4.69, 9.17) is 25.8 Å². The highest BCUT2D eigenvalue weighted by molar-refractivity contribution is 6.33. The Morgan fingerprint density at radius 2 is 2.06 bits per heavy atom. The van der Waals surface area contributed by atoms with Gasteiger partial charge in [0.2, 0.25) is 0 Å². The molecular formula is C13H17ClO4. The highest BCUT2D eigenvalue weighted by atomic mass is 35.5. The minimum absolute atomic E-state index is 0.388. The van der Waals surface area contributed by atoms with Gasteiger partial charge in [0.15, 0.2) is 6.29 Å². The molecule has 0 aromatic heterocycles. The minimum atomic E-state index is 0.388. The Hall–Kier alpha value is -1.10. The molecule has 1 rings (SSSR count). The van der Waals surface area contributed by atoms with Crippen LogP contribution in [0.15, 0.2) is 18.2 Å². The number of hydrogen-bond donors (Lipinski definition) is 0. The first-order valence-electron chi connectivity index (χ1n) is 5.72. The van der Waals surface area contributed by atoms with Crippen molar-refractivity contribution in [2.45, 2.75) is 6.42 Å². The average molecular weight is 273 g/mol. The van der Waals surface area contributed by atoms with Crippen LogP contribution in [-0.2, 0) is 9.47 Å². The van der Waals surface area contributed by atoms with Gasteiger partial charge in [-0.3, -0.25) is 4.79 Å². The Kier molecular flexibility index (Phi) is 7.41. The molecule has 0 saturated heterocycles. The van der Waals surface area contributed by atoms with Crippen LogP contribution in [0.4, 0.5) is 0 Å². The van der Waals surface area contributed by atoms with Gasteiger partial charge in [0.1, 0.15) is 5.75 Å². The number of methoxy groups -OCH3 is 1. The fourth-order valence-electron chi connectivity index (χ4n) is 1.34. The van der Waals surface area contributed by atoms with Crippen molar-refractivity contribution in [3.8, 4) is 5.75 Å². The number of rotatable bonds is 9. The van der Waals surface area contributed by atoms with Crippen LogP contribution in [0.3, 0.4) is 0 Å². The van der Waals surface area contributed by atoms with Crippen molar-refractivity contribution >= 4 is 17.9 Å². The van der Waals surface area contributed by atoms with E-state index in [0.29, 0.717) is 49.0 Å². The zero-order chi connectivity index (χ0) is 13.2. The van der Waals surface area contributed by atoms with Crippen LogP contribution in [-0.4, -0.2) is 39.8 Å². The largest absolute Gasteiger partial charge is 0.493 e. The Morgan fingerprint density at radius 1 is 1.22 bits per heavy atom. The Balaban J connectivity index is 2.27. The molecule has 0 aliphatic carbocycles. The van der Waals surface area contributed by atoms with Gasteiger partial charge in [0.05, 0.1) is 30.4 Å². The van der Waals surface area contributed by atoms with Gasteiger partial charge in [0.25, 0.3) is 0 Å². The lowest BCUT2D eigenvalue weighted by Crippen LogP contribution is -2.07. The smallest absolute Gasteiger partial charge is 0.155 e. The first kappa shape index (κ1) is 15.0. The summed E-state index contributed by atoms with van der Waals surface area (Å²) in [5.74, 6) is 0.509. The van der Waals surface area contributed by atoms with E-state index in [-0.39, 0.29) is 0 Å². The van der Waals surface area contributed by atoms with Crippen LogP contribution >= 0.6 is 11.6 Å². The molecule has 0 unspecified atom stereocenters. The maximum Gasteiger partial charge on any atom is 0.155 e. The molecule has 0 bridgehead atoms. The van der Waals surface area contributed by atoms with Crippen molar-refractivity contribution in [1.29, 1.82) is 0 Å². The second-order valence-electron chi connectivity index (χ2n) is 3.58. The number of hydrogen-bond acceptors (Lipinski definition) is 4. The van der Waals surface area contributed by atoms with Gasteiger partial charge < -0.3 is 14.2 Å². The SMILES string of the molecule is COCCOCCCOc1cccc(Cl)c1C=O. The molecule has 0 radical (unpaired) electrons. The molecule has 1 aromatic rings. The van der Waals surface area contributed by atoms with E-state index in [1.807, 2.05) is 0 Å². The summed E-state index contributed by atoms with van der Waals surface area (Å²) in [5, 5.41) is 0.402. The zero-order valence-electron chi connectivity index (χ0n) is 10.4. The molecule has 5 heteroatoms. The van der Waals surface area contributed by atoms with Crippen LogP contribution < -0.4 is 4.74 Å². The van der Waals surface area contributed by atoms with Crippen LogP contribution in [0.1, 0.15) is 16.8 Å². The first-order valence-corrected chi connectivity index (χ1v) is 6.10. The molecule has 0 amide bonds. The normalized spacial score (nSPS) is 10.3. The van der Waals surface area contributed by atoms with E-state index in [1.165, 1.54) is 0 Å². The van der Waals surface area contributed by atoms with Crippen molar-refractivity contribution in [2.24, 2.45) is 0 Å². The van der Waals surface area contributed by atoms with Gasteiger partial charge in [-0.1, -0.05) is 17.7 Å². The van der Waals surface area contributed by atoms with E-state index in [2.05, 4.69) is 0 Å². The summed E-state index contributed by atoms with van der Waals surface area (Å²) in [6.07, 6.45) is 1.45. The average Bonchev–Trinajstić information content (AvgIpc) is 2.38. The number of halogens is 1. The zero-order valence-corrected chi connectivity index (χ0v) is 11.1. The van der Waals surface area contributed by atoms with Crippen LogP contribution in [0.25, 0.3) is 0 Å². The third kappa shape index (κ3) is 5.04. The lowest BCUT2D eigenvalue weighted by Gasteiger charge is -2.09. The van der Waals surface area contributed by atoms with Gasteiger partial charge in [-0.05, 0) is 12.1 Å². The second kappa shape index (κ2) is 8.91. The Morgan fingerprint density at radius 3 is 2.78 bits per heavy atom. The monoisotopic (exact) mass is 272 g/mol. The van der Waals surface area contributed by atoms with Crippen LogP contribution in [0.5, 0.6) is 5.75 Å². The molecule has 4 nitrogen and oxygen atoms in total.